The fourth-order valence-electron chi connectivity index (χ4n) is 2.63. The van der Waals surface area contributed by atoms with Gasteiger partial charge < -0.3 is 9.84 Å². The third-order valence-corrected chi connectivity index (χ3v) is 4.00. The molecule has 0 saturated heterocycles. The number of aryl methyl sites for hydroxylation is 2. The zero-order chi connectivity index (χ0) is 19.4. The van der Waals surface area contributed by atoms with Crippen LogP contribution in [0, 0.1) is 13.8 Å². The highest BCUT2D eigenvalue weighted by Crippen LogP contribution is 2.30. The molecule has 3 heterocycles. The molecule has 0 unspecified atom stereocenters. The minimum absolute atomic E-state index is 0.0707. The first-order valence-corrected chi connectivity index (χ1v) is 8.38. The van der Waals surface area contributed by atoms with Crippen LogP contribution in [-0.4, -0.2) is 26.7 Å². The van der Waals surface area contributed by atoms with Gasteiger partial charge >= 0.3 is 6.18 Å². The molecular weight excluding hydrogens is 359 g/mol. The van der Waals surface area contributed by atoms with Gasteiger partial charge in [0.2, 0.25) is 0 Å². The van der Waals surface area contributed by atoms with Gasteiger partial charge in [-0.15, -0.1) is 0 Å². The molecule has 0 radical (unpaired) electrons. The second-order valence-electron chi connectivity index (χ2n) is 6.01. The summed E-state index contributed by atoms with van der Waals surface area (Å²) in [5, 5.41) is 6.83. The van der Waals surface area contributed by atoms with Crippen LogP contribution in [0.4, 0.5) is 19.0 Å². The number of rotatable bonds is 6. The topological polar surface area (TPSA) is 76.7 Å². The van der Waals surface area contributed by atoms with Gasteiger partial charge in [-0.2, -0.15) is 13.2 Å². The van der Waals surface area contributed by atoms with Gasteiger partial charge in [0.1, 0.15) is 17.3 Å². The van der Waals surface area contributed by atoms with Gasteiger partial charge in [-0.3, -0.25) is 4.98 Å². The Hall–Kier alpha value is -2.97. The summed E-state index contributed by atoms with van der Waals surface area (Å²) in [6.07, 6.45) is -1.69. The van der Waals surface area contributed by atoms with Crippen molar-refractivity contribution in [3.63, 3.8) is 0 Å². The molecule has 0 aliphatic heterocycles. The van der Waals surface area contributed by atoms with Crippen LogP contribution in [0.2, 0.25) is 0 Å². The number of anilines is 1. The molecule has 142 valence electrons. The fraction of sp³-hybridized carbons (Fsp3) is 0.333. The zero-order valence-electron chi connectivity index (χ0n) is 14.8. The summed E-state index contributed by atoms with van der Waals surface area (Å²) in [6, 6.07) is 5.81. The average molecular weight is 377 g/mol. The number of aromatic nitrogens is 4. The number of hydrogen-bond donors (Lipinski definition) is 1. The van der Waals surface area contributed by atoms with E-state index in [0.29, 0.717) is 19.4 Å². The third-order valence-electron chi connectivity index (χ3n) is 4.00. The molecule has 27 heavy (non-hydrogen) atoms. The summed E-state index contributed by atoms with van der Waals surface area (Å²) in [7, 11) is 0. The molecule has 0 aromatic carbocycles. The van der Waals surface area contributed by atoms with E-state index in [1.807, 2.05) is 13.8 Å². The van der Waals surface area contributed by atoms with Crippen LogP contribution >= 0.6 is 0 Å². The van der Waals surface area contributed by atoms with E-state index in [1.165, 1.54) is 6.20 Å². The SMILES string of the molecule is Cc1noc(C)c1CCCNc1cc(C(F)(F)F)nc(-c2ccccn2)n1. The molecule has 3 aromatic heterocycles. The first-order valence-electron chi connectivity index (χ1n) is 8.38. The van der Waals surface area contributed by atoms with Crippen molar-refractivity contribution in [3.8, 4) is 11.5 Å². The van der Waals surface area contributed by atoms with Crippen molar-refractivity contribution in [3.05, 3.63) is 53.2 Å². The lowest BCUT2D eigenvalue weighted by Gasteiger charge is -2.11. The van der Waals surface area contributed by atoms with Crippen LogP contribution in [0.3, 0.4) is 0 Å². The van der Waals surface area contributed by atoms with E-state index in [-0.39, 0.29) is 17.3 Å². The quantitative estimate of drug-likeness (QED) is 0.649. The van der Waals surface area contributed by atoms with Gasteiger partial charge in [0.25, 0.3) is 0 Å². The lowest BCUT2D eigenvalue weighted by molar-refractivity contribution is -0.141. The molecule has 0 saturated carbocycles. The molecule has 9 heteroatoms. The monoisotopic (exact) mass is 377 g/mol. The molecule has 3 rings (SSSR count). The summed E-state index contributed by atoms with van der Waals surface area (Å²) in [6.45, 7) is 4.14. The largest absolute Gasteiger partial charge is 0.433 e. The lowest BCUT2D eigenvalue weighted by atomic mass is 10.1. The Morgan fingerprint density at radius 3 is 2.59 bits per heavy atom. The zero-order valence-corrected chi connectivity index (χ0v) is 14.8. The van der Waals surface area contributed by atoms with E-state index < -0.39 is 11.9 Å². The predicted molar refractivity (Wildman–Crippen MR) is 93.1 cm³/mol. The Labute approximate surface area is 153 Å². The maximum atomic E-state index is 13.2. The number of hydrogen-bond acceptors (Lipinski definition) is 6. The first-order chi connectivity index (χ1) is 12.8. The molecule has 6 nitrogen and oxygen atoms in total. The van der Waals surface area contributed by atoms with Gasteiger partial charge in [0, 0.05) is 24.4 Å². The van der Waals surface area contributed by atoms with Crippen LogP contribution in [0.15, 0.2) is 35.0 Å². The van der Waals surface area contributed by atoms with Crippen LogP contribution in [-0.2, 0) is 12.6 Å². The van der Waals surface area contributed by atoms with Crippen molar-refractivity contribution in [1.29, 1.82) is 0 Å². The fourth-order valence-corrected chi connectivity index (χ4v) is 2.63. The Kier molecular flexibility index (Phi) is 5.38. The van der Waals surface area contributed by atoms with Crippen LogP contribution < -0.4 is 5.32 Å². The number of nitrogens with one attached hydrogen (secondary N) is 1. The summed E-state index contributed by atoms with van der Waals surface area (Å²) in [5.41, 5.74) is 1.12. The molecule has 0 spiro atoms. The van der Waals surface area contributed by atoms with Gasteiger partial charge in [-0.1, -0.05) is 11.2 Å². The minimum Gasteiger partial charge on any atom is -0.370 e. The Bertz CT molecular complexity index is 890. The summed E-state index contributed by atoms with van der Waals surface area (Å²) in [4.78, 5) is 11.8. The lowest BCUT2D eigenvalue weighted by Crippen LogP contribution is -2.13. The number of halogens is 3. The van der Waals surface area contributed by atoms with Crippen LogP contribution in [0.25, 0.3) is 11.5 Å². The van der Waals surface area contributed by atoms with Gasteiger partial charge in [-0.05, 0) is 38.8 Å². The summed E-state index contributed by atoms with van der Waals surface area (Å²) in [5.74, 6) is 0.793. The summed E-state index contributed by atoms with van der Waals surface area (Å²) < 4.78 is 44.6. The van der Waals surface area contributed by atoms with E-state index in [0.717, 1.165) is 23.1 Å². The van der Waals surface area contributed by atoms with Gasteiger partial charge in [0.15, 0.2) is 11.5 Å². The molecule has 0 bridgehead atoms. The Morgan fingerprint density at radius 1 is 1.15 bits per heavy atom. The molecule has 3 aromatic rings. The van der Waals surface area contributed by atoms with Gasteiger partial charge in [-0.25, -0.2) is 9.97 Å². The maximum Gasteiger partial charge on any atom is 0.433 e. The van der Waals surface area contributed by atoms with E-state index in [9.17, 15) is 13.2 Å². The second kappa shape index (κ2) is 7.73. The Morgan fingerprint density at radius 2 is 1.96 bits per heavy atom. The number of pyridine rings is 1. The minimum atomic E-state index is -4.57. The van der Waals surface area contributed by atoms with Crippen molar-refractivity contribution in [2.24, 2.45) is 0 Å². The molecule has 0 amide bonds. The highest BCUT2D eigenvalue weighted by atomic mass is 19.4. The van der Waals surface area contributed by atoms with E-state index in [1.54, 1.807) is 18.2 Å². The standard InChI is InChI=1S/C18H18F3N5O/c1-11-13(12(2)27-26-11)6-5-9-23-16-10-15(18(19,20)21)24-17(25-16)14-7-3-4-8-22-14/h3-4,7-8,10H,5-6,9H2,1-2H3,(H,23,24,25). The molecule has 0 atom stereocenters. The first kappa shape index (κ1) is 18.8. The third kappa shape index (κ3) is 4.60. The maximum absolute atomic E-state index is 13.2. The van der Waals surface area contributed by atoms with E-state index in [2.05, 4.69) is 25.4 Å². The number of alkyl halides is 3. The molecule has 0 aliphatic carbocycles. The molecule has 0 fully saturated rings. The van der Waals surface area contributed by atoms with E-state index >= 15 is 0 Å². The van der Waals surface area contributed by atoms with Gasteiger partial charge in [0.05, 0.1) is 5.69 Å². The normalized spacial score (nSPS) is 11.6. The van der Waals surface area contributed by atoms with Crippen molar-refractivity contribution in [2.75, 3.05) is 11.9 Å². The average Bonchev–Trinajstić information content (AvgIpc) is 2.97. The number of nitrogens with zero attached hydrogens (tertiary/aromatic N) is 4. The highest BCUT2D eigenvalue weighted by Gasteiger charge is 2.34. The van der Waals surface area contributed by atoms with Crippen LogP contribution in [0.1, 0.15) is 29.1 Å². The Balaban J connectivity index is 1.74. The highest BCUT2D eigenvalue weighted by molar-refractivity contribution is 5.53. The molecule has 1 N–H and O–H groups in total. The molecule has 0 aliphatic rings. The smallest absolute Gasteiger partial charge is 0.370 e. The van der Waals surface area contributed by atoms with Crippen molar-refractivity contribution < 1.29 is 17.7 Å². The van der Waals surface area contributed by atoms with Crippen LogP contribution in [0.5, 0.6) is 0 Å². The second-order valence-corrected chi connectivity index (χ2v) is 6.01. The predicted octanol–water partition coefficient (Wildman–Crippen LogP) is 4.21. The van der Waals surface area contributed by atoms with E-state index in [4.69, 9.17) is 4.52 Å². The van der Waals surface area contributed by atoms with Crippen molar-refractivity contribution in [1.82, 2.24) is 20.1 Å². The van der Waals surface area contributed by atoms with Crippen molar-refractivity contribution >= 4 is 5.82 Å². The summed E-state index contributed by atoms with van der Waals surface area (Å²) >= 11 is 0. The molecular formula is C18H18F3N5O. The van der Waals surface area contributed by atoms with Crippen molar-refractivity contribution in [2.45, 2.75) is 32.9 Å².